The highest BCUT2D eigenvalue weighted by molar-refractivity contribution is 6.39. The minimum atomic E-state index is -0.500. The standard InChI is InChI=1S/C34H31NO6/c1-4-7-16-35-31(36)23-12-8-19-21-10-14-25(33(38)40-17-5-2)30-26(34(39)41-18-6-3)15-11-22(28(21)30)20-9-13-24(32(35)37)29(23)27(19)20/h8-15H,4-7,16-18H2,1-3H3. The van der Waals surface area contributed by atoms with Gasteiger partial charge >= 0.3 is 11.9 Å². The molecular weight excluding hydrogens is 518 g/mol. The van der Waals surface area contributed by atoms with Crippen LogP contribution in [-0.4, -0.2) is 48.4 Å². The highest BCUT2D eigenvalue weighted by Gasteiger charge is 2.34. The van der Waals surface area contributed by atoms with Gasteiger partial charge in [-0.3, -0.25) is 14.5 Å². The van der Waals surface area contributed by atoms with Gasteiger partial charge in [-0.05, 0) is 75.8 Å². The Labute approximate surface area is 237 Å². The maximum absolute atomic E-state index is 13.5. The van der Waals surface area contributed by atoms with Gasteiger partial charge in [-0.2, -0.15) is 0 Å². The van der Waals surface area contributed by atoms with E-state index in [9.17, 15) is 19.2 Å². The average Bonchev–Trinajstić information content (AvgIpc) is 2.99. The number of esters is 2. The zero-order valence-corrected chi connectivity index (χ0v) is 23.5. The Bertz CT molecular complexity index is 1760. The largest absolute Gasteiger partial charge is 0.462 e. The number of carbonyl (C=O) groups is 4. The van der Waals surface area contributed by atoms with Crippen molar-refractivity contribution in [3.05, 3.63) is 70.8 Å². The van der Waals surface area contributed by atoms with Crippen molar-refractivity contribution >= 4 is 66.8 Å². The van der Waals surface area contributed by atoms with Crippen LogP contribution in [0, 0.1) is 0 Å². The number of benzene rings is 5. The van der Waals surface area contributed by atoms with Gasteiger partial charge in [0.1, 0.15) is 0 Å². The van der Waals surface area contributed by atoms with Crippen molar-refractivity contribution in [2.75, 3.05) is 19.8 Å². The van der Waals surface area contributed by atoms with Crippen LogP contribution in [0.3, 0.4) is 0 Å². The van der Waals surface area contributed by atoms with Crippen LogP contribution in [0.4, 0.5) is 0 Å². The number of amides is 2. The van der Waals surface area contributed by atoms with E-state index in [1.807, 2.05) is 45.0 Å². The summed E-state index contributed by atoms with van der Waals surface area (Å²) in [7, 11) is 0. The fourth-order valence-electron chi connectivity index (χ4n) is 6.03. The fourth-order valence-corrected chi connectivity index (χ4v) is 6.03. The Balaban J connectivity index is 1.69. The van der Waals surface area contributed by atoms with Crippen LogP contribution in [0.2, 0.25) is 0 Å². The van der Waals surface area contributed by atoms with Gasteiger partial charge in [0, 0.05) is 28.4 Å². The monoisotopic (exact) mass is 549 g/mol. The number of hydrogen-bond donors (Lipinski definition) is 0. The summed E-state index contributed by atoms with van der Waals surface area (Å²) in [5.41, 5.74) is 1.62. The maximum Gasteiger partial charge on any atom is 0.338 e. The molecule has 0 unspecified atom stereocenters. The molecule has 5 aromatic rings. The minimum Gasteiger partial charge on any atom is -0.462 e. The van der Waals surface area contributed by atoms with E-state index in [1.54, 1.807) is 24.3 Å². The molecule has 0 aromatic heterocycles. The van der Waals surface area contributed by atoms with Crippen LogP contribution in [-0.2, 0) is 9.47 Å². The van der Waals surface area contributed by atoms with Crippen molar-refractivity contribution in [2.24, 2.45) is 0 Å². The first-order valence-electron chi connectivity index (χ1n) is 14.3. The summed E-state index contributed by atoms with van der Waals surface area (Å²) in [4.78, 5) is 54.8. The third-order valence-electron chi connectivity index (χ3n) is 7.90. The summed E-state index contributed by atoms with van der Waals surface area (Å²) in [6.07, 6.45) is 2.96. The predicted molar refractivity (Wildman–Crippen MR) is 159 cm³/mol. The molecule has 0 saturated carbocycles. The van der Waals surface area contributed by atoms with Crippen LogP contribution in [0.25, 0.3) is 43.1 Å². The lowest BCUT2D eigenvalue weighted by atomic mass is 9.83. The van der Waals surface area contributed by atoms with Gasteiger partial charge in [0.25, 0.3) is 11.8 Å². The zero-order chi connectivity index (χ0) is 28.8. The third-order valence-corrected chi connectivity index (χ3v) is 7.90. The molecule has 2 amide bonds. The van der Waals surface area contributed by atoms with E-state index in [-0.39, 0.29) is 25.0 Å². The number of carbonyl (C=O) groups excluding carboxylic acids is 4. The quantitative estimate of drug-likeness (QED) is 0.0831. The summed E-state index contributed by atoms with van der Waals surface area (Å²) in [6.45, 7) is 6.79. The van der Waals surface area contributed by atoms with Gasteiger partial charge in [-0.1, -0.05) is 51.5 Å². The molecular formula is C34H31NO6. The van der Waals surface area contributed by atoms with Crippen molar-refractivity contribution in [2.45, 2.75) is 46.5 Å². The van der Waals surface area contributed by atoms with Crippen molar-refractivity contribution in [3.8, 4) is 0 Å². The van der Waals surface area contributed by atoms with Gasteiger partial charge in [0.05, 0.1) is 24.3 Å². The van der Waals surface area contributed by atoms with Crippen molar-refractivity contribution in [3.63, 3.8) is 0 Å². The van der Waals surface area contributed by atoms with Crippen LogP contribution < -0.4 is 0 Å². The van der Waals surface area contributed by atoms with Gasteiger partial charge in [-0.15, -0.1) is 0 Å². The number of nitrogens with zero attached hydrogens (tertiary/aromatic N) is 1. The summed E-state index contributed by atoms with van der Waals surface area (Å²) in [5.74, 6) is -1.56. The highest BCUT2D eigenvalue weighted by atomic mass is 16.5. The van der Waals surface area contributed by atoms with Gasteiger partial charge in [0.2, 0.25) is 0 Å². The molecule has 208 valence electrons. The first-order chi connectivity index (χ1) is 19.9. The van der Waals surface area contributed by atoms with Crippen LogP contribution in [0.5, 0.6) is 0 Å². The topological polar surface area (TPSA) is 90.0 Å². The molecule has 0 fully saturated rings. The van der Waals surface area contributed by atoms with E-state index in [0.29, 0.717) is 52.4 Å². The molecule has 1 aliphatic heterocycles. The van der Waals surface area contributed by atoms with E-state index in [2.05, 4.69) is 0 Å². The second-order valence-corrected chi connectivity index (χ2v) is 10.5. The molecule has 0 atom stereocenters. The Morgan fingerprint density at radius 2 is 1.02 bits per heavy atom. The Morgan fingerprint density at radius 3 is 1.46 bits per heavy atom. The van der Waals surface area contributed by atoms with Crippen molar-refractivity contribution < 1.29 is 28.7 Å². The normalized spacial score (nSPS) is 13.2. The molecule has 0 saturated heterocycles. The Morgan fingerprint density at radius 1 is 0.585 bits per heavy atom. The first kappa shape index (κ1) is 26.7. The number of unbranched alkanes of at least 4 members (excludes halogenated alkanes) is 1. The lowest BCUT2D eigenvalue weighted by molar-refractivity contribution is 0.0506. The lowest BCUT2D eigenvalue weighted by Gasteiger charge is -2.28. The van der Waals surface area contributed by atoms with E-state index in [0.717, 1.165) is 45.2 Å². The highest BCUT2D eigenvalue weighted by Crippen LogP contribution is 2.45. The van der Waals surface area contributed by atoms with E-state index in [4.69, 9.17) is 9.47 Å². The average molecular weight is 550 g/mol. The number of hydrogen-bond acceptors (Lipinski definition) is 6. The van der Waals surface area contributed by atoms with Gasteiger partial charge < -0.3 is 9.47 Å². The van der Waals surface area contributed by atoms with E-state index >= 15 is 0 Å². The third kappa shape index (κ3) is 4.02. The number of fused-ring (bicyclic) bond motifs is 2. The Hall–Kier alpha value is -4.52. The molecule has 1 aliphatic rings. The second kappa shape index (κ2) is 10.5. The summed E-state index contributed by atoms with van der Waals surface area (Å²) < 4.78 is 11.0. The molecule has 0 bridgehead atoms. The second-order valence-electron chi connectivity index (χ2n) is 10.5. The molecule has 1 heterocycles. The smallest absolute Gasteiger partial charge is 0.338 e. The predicted octanol–water partition coefficient (Wildman–Crippen LogP) is 7.27. The molecule has 0 radical (unpaired) electrons. The molecule has 7 nitrogen and oxygen atoms in total. The van der Waals surface area contributed by atoms with Crippen LogP contribution >= 0.6 is 0 Å². The van der Waals surface area contributed by atoms with Crippen molar-refractivity contribution in [1.29, 1.82) is 0 Å². The Kier molecular flexibility index (Phi) is 6.81. The number of rotatable bonds is 9. The first-order valence-corrected chi connectivity index (χ1v) is 14.3. The fraction of sp³-hybridized carbons (Fsp3) is 0.294. The molecule has 6 rings (SSSR count). The van der Waals surface area contributed by atoms with Crippen LogP contribution in [0.1, 0.15) is 87.9 Å². The van der Waals surface area contributed by atoms with E-state index in [1.165, 1.54) is 4.90 Å². The minimum absolute atomic E-state index is 0.266. The number of imide groups is 1. The van der Waals surface area contributed by atoms with Crippen LogP contribution in [0.15, 0.2) is 48.5 Å². The molecule has 41 heavy (non-hydrogen) atoms. The summed E-state index contributed by atoms with van der Waals surface area (Å²) >= 11 is 0. The van der Waals surface area contributed by atoms with Gasteiger partial charge in [0.15, 0.2) is 0 Å². The summed E-state index contributed by atoms with van der Waals surface area (Å²) in [5, 5.41) is 6.03. The number of ether oxygens (including phenoxy) is 2. The van der Waals surface area contributed by atoms with E-state index < -0.39 is 11.9 Å². The molecule has 0 N–H and O–H groups in total. The lowest BCUT2D eigenvalue weighted by Crippen LogP contribution is -2.40. The van der Waals surface area contributed by atoms with Crippen molar-refractivity contribution in [1.82, 2.24) is 4.90 Å². The maximum atomic E-state index is 13.5. The molecule has 5 aromatic carbocycles. The summed E-state index contributed by atoms with van der Waals surface area (Å²) in [6, 6.07) is 14.5. The molecule has 0 aliphatic carbocycles. The SMILES string of the molecule is CCCCN1C(=O)c2ccc3c4ccc(C(=O)OCCC)c5c(C(=O)OCCC)ccc(c6ccc(c2c36)C1=O)c54. The zero-order valence-electron chi connectivity index (χ0n) is 23.5. The van der Waals surface area contributed by atoms with Gasteiger partial charge in [-0.25, -0.2) is 9.59 Å². The molecule has 0 spiro atoms. The molecule has 7 heteroatoms.